The minimum atomic E-state index is -1.11. The lowest BCUT2D eigenvalue weighted by atomic mass is 9.31. The maximum absolute atomic E-state index is 13.5. The Hall–Kier alpha value is -2.37. The minimum Gasteiger partial charge on any atom is -0.478 e. The molecule has 6 aliphatic rings. The second-order valence-electron chi connectivity index (χ2n) is 17.8. The van der Waals surface area contributed by atoms with Gasteiger partial charge in [0.1, 0.15) is 12.2 Å². The van der Waals surface area contributed by atoms with Crippen LogP contribution >= 0.6 is 0 Å². The highest BCUT2D eigenvalue weighted by atomic mass is 16.6. The van der Waals surface area contributed by atoms with E-state index < -0.39 is 11.9 Å². The van der Waals surface area contributed by atoms with E-state index in [2.05, 4.69) is 48.5 Å². The van der Waals surface area contributed by atoms with Gasteiger partial charge in [0.05, 0.1) is 16.5 Å². The Kier molecular flexibility index (Phi) is 6.43. The van der Waals surface area contributed by atoms with Gasteiger partial charge in [-0.1, -0.05) is 60.6 Å². The zero-order chi connectivity index (χ0) is 31.7. The van der Waals surface area contributed by atoms with Crippen molar-refractivity contribution in [2.45, 2.75) is 125 Å². The SMILES string of the molecule is CC1(C)CC[C@@]23CC[C@]4(C)[C@H](CC[C@@H]5[C@@]6(C)CC[C@H](OC(=O)c7ccccc7C(=O)O)C(C)(C)[C@@H]6CC[C@]54C)[C@H]2[C@H]1OC3=O. The van der Waals surface area contributed by atoms with Crippen molar-refractivity contribution < 1.29 is 29.0 Å². The minimum absolute atomic E-state index is 0.00876. The van der Waals surface area contributed by atoms with Crippen molar-refractivity contribution in [2.24, 2.45) is 56.2 Å². The number of fused-ring (bicyclic) bond motifs is 5. The predicted octanol–water partition coefficient (Wildman–Crippen LogP) is 8.33. The maximum Gasteiger partial charge on any atom is 0.339 e. The third-order valence-electron chi connectivity index (χ3n) is 15.6. The van der Waals surface area contributed by atoms with Crippen molar-refractivity contribution >= 4 is 17.9 Å². The van der Waals surface area contributed by atoms with Crippen LogP contribution in [0, 0.1) is 56.2 Å². The molecule has 1 aromatic rings. The number of ether oxygens (including phenoxy) is 2. The van der Waals surface area contributed by atoms with Gasteiger partial charge in [-0.3, -0.25) is 4.79 Å². The van der Waals surface area contributed by atoms with E-state index in [0.29, 0.717) is 23.7 Å². The molecule has 0 unspecified atom stereocenters. The summed E-state index contributed by atoms with van der Waals surface area (Å²) >= 11 is 0. The van der Waals surface area contributed by atoms with Gasteiger partial charge >= 0.3 is 17.9 Å². The number of carboxylic acid groups (broad SMARTS) is 1. The Bertz CT molecular complexity index is 1410. The van der Waals surface area contributed by atoms with E-state index >= 15 is 0 Å². The summed E-state index contributed by atoms with van der Waals surface area (Å²) in [5, 5.41) is 9.65. The van der Waals surface area contributed by atoms with E-state index in [1.54, 1.807) is 18.2 Å². The van der Waals surface area contributed by atoms with Gasteiger partial charge in [-0.25, -0.2) is 9.59 Å². The third kappa shape index (κ3) is 3.69. The first-order valence-electron chi connectivity index (χ1n) is 17.3. The molecule has 5 aliphatic carbocycles. The molecule has 6 nitrogen and oxygen atoms in total. The molecule has 6 fully saturated rings. The quantitative estimate of drug-likeness (QED) is 0.349. The average molecular weight is 605 g/mol. The summed E-state index contributed by atoms with van der Waals surface area (Å²) in [6.07, 6.45) is 10.3. The highest BCUT2D eigenvalue weighted by Crippen LogP contribution is 2.78. The molecule has 10 atom stereocenters. The zero-order valence-electron chi connectivity index (χ0n) is 27.8. The number of aromatic carboxylic acids is 1. The summed E-state index contributed by atoms with van der Waals surface area (Å²) in [4.78, 5) is 38.7. The molecule has 1 N–H and O–H groups in total. The standard InChI is InChI=1S/C38H52O6/c1-33(2)18-20-38-21-19-36(6)24(28(38)29(33)44-32(38)42)12-13-26-35(5)16-15-27(34(3,4)25(35)14-17-37(26,36)7)43-31(41)23-11-9-8-10-22(23)30(39)40/h8-11,24-29H,12-21H2,1-7H3,(H,39,40)/t24-,25+,26-,27+,28+,29-,35+,36-,37-,38-/m1/s1. The number of hydrogen-bond donors (Lipinski definition) is 1. The largest absolute Gasteiger partial charge is 0.478 e. The van der Waals surface area contributed by atoms with Crippen molar-refractivity contribution in [3.63, 3.8) is 0 Å². The smallest absolute Gasteiger partial charge is 0.339 e. The Balaban J connectivity index is 1.17. The number of carbonyl (C=O) groups excluding carboxylic acids is 2. The number of carboxylic acids is 1. The van der Waals surface area contributed by atoms with E-state index in [1.165, 1.54) is 18.9 Å². The molecule has 0 aromatic heterocycles. The lowest BCUT2D eigenvalue weighted by Gasteiger charge is -2.73. The van der Waals surface area contributed by atoms with Crippen LogP contribution in [0.2, 0.25) is 0 Å². The van der Waals surface area contributed by atoms with Crippen molar-refractivity contribution in [1.29, 1.82) is 0 Å². The second-order valence-corrected chi connectivity index (χ2v) is 17.8. The molecule has 5 saturated carbocycles. The van der Waals surface area contributed by atoms with Crippen LogP contribution in [-0.2, 0) is 14.3 Å². The molecule has 0 radical (unpaired) electrons. The van der Waals surface area contributed by atoms with Crippen molar-refractivity contribution in [3.05, 3.63) is 35.4 Å². The summed E-state index contributed by atoms with van der Waals surface area (Å²) in [5.41, 5.74) is 0.109. The fraction of sp³-hybridized carbons (Fsp3) is 0.763. The van der Waals surface area contributed by atoms with Crippen LogP contribution in [0.5, 0.6) is 0 Å². The summed E-state index contributed by atoms with van der Waals surface area (Å²) < 4.78 is 12.5. The van der Waals surface area contributed by atoms with Crippen molar-refractivity contribution in [3.8, 4) is 0 Å². The third-order valence-corrected chi connectivity index (χ3v) is 15.6. The first-order chi connectivity index (χ1) is 20.5. The number of esters is 2. The van der Waals surface area contributed by atoms with Gasteiger partial charge in [0.15, 0.2) is 0 Å². The Labute approximate surface area is 263 Å². The van der Waals surface area contributed by atoms with Crippen molar-refractivity contribution in [2.75, 3.05) is 0 Å². The molecule has 2 bridgehead atoms. The van der Waals surface area contributed by atoms with Crippen LogP contribution < -0.4 is 0 Å². The van der Waals surface area contributed by atoms with Gasteiger partial charge in [0.2, 0.25) is 0 Å². The van der Waals surface area contributed by atoms with Crippen LogP contribution in [0.4, 0.5) is 0 Å². The topological polar surface area (TPSA) is 89.9 Å². The number of hydrogen-bond acceptors (Lipinski definition) is 5. The summed E-state index contributed by atoms with van der Waals surface area (Å²) in [6.45, 7) is 16.9. The molecule has 1 saturated heterocycles. The summed E-state index contributed by atoms with van der Waals surface area (Å²) in [7, 11) is 0. The normalized spacial score (nSPS) is 46.4. The molecule has 44 heavy (non-hydrogen) atoms. The molecule has 0 spiro atoms. The average Bonchev–Trinajstić information content (AvgIpc) is 3.22. The molecule has 0 amide bonds. The lowest BCUT2D eigenvalue weighted by molar-refractivity contribution is -0.252. The first-order valence-corrected chi connectivity index (χ1v) is 17.3. The van der Waals surface area contributed by atoms with Crippen LogP contribution in [0.1, 0.15) is 133 Å². The van der Waals surface area contributed by atoms with Gasteiger partial charge < -0.3 is 14.6 Å². The Morgan fingerprint density at radius 2 is 1.48 bits per heavy atom. The van der Waals surface area contributed by atoms with Gasteiger partial charge in [0, 0.05) is 16.7 Å². The van der Waals surface area contributed by atoms with E-state index in [4.69, 9.17) is 9.47 Å². The number of benzene rings is 1. The van der Waals surface area contributed by atoms with Crippen LogP contribution in [0.15, 0.2) is 24.3 Å². The van der Waals surface area contributed by atoms with Gasteiger partial charge in [-0.15, -0.1) is 0 Å². The zero-order valence-corrected chi connectivity index (χ0v) is 27.8. The number of carbonyl (C=O) groups is 3. The first kappa shape index (κ1) is 30.3. The van der Waals surface area contributed by atoms with Crippen molar-refractivity contribution in [1.82, 2.24) is 0 Å². The Morgan fingerprint density at radius 1 is 0.795 bits per heavy atom. The molecule has 6 heteroatoms. The molecular formula is C38H52O6. The highest BCUT2D eigenvalue weighted by molar-refractivity contribution is 6.02. The summed E-state index contributed by atoms with van der Waals surface area (Å²) in [5.74, 6) is 0.269. The predicted molar refractivity (Wildman–Crippen MR) is 167 cm³/mol. The molecule has 1 heterocycles. The van der Waals surface area contributed by atoms with E-state index in [0.717, 1.165) is 51.4 Å². The summed E-state index contributed by atoms with van der Waals surface area (Å²) in [6, 6.07) is 6.36. The van der Waals surface area contributed by atoms with E-state index in [-0.39, 0.29) is 61.8 Å². The van der Waals surface area contributed by atoms with Crippen LogP contribution in [-0.4, -0.2) is 35.2 Å². The molecule has 240 valence electrons. The molecule has 7 rings (SSSR count). The van der Waals surface area contributed by atoms with E-state index in [1.807, 2.05) is 0 Å². The van der Waals surface area contributed by atoms with Gasteiger partial charge in [-0.05, 0) is 110 Å². The molecule has 1 aliphatic heterocycles. The monoisotopic (exact) mass is 604 g/mol. The van der Waals surface area contributed by atoms with Crippen LogP contribution in [0.25, 0.3) is 0 Å². The highest BCUT2D eigenvalue weighted by Gasteiger charge is 2.75. The fourth-order valence-electron chi connectivity index (χ4n) is 13.1. The lowest BCUT2D eigenvalue weighted by Crippen LogP contribution is -2.68. The van der Waals surface area contributed by atoms with Gasteiger partial charge in [-0.2, -0.15) is 0 Å². The molecule has 1 aromatic carbocycles. The Morgan fingerprint density at radius 3 is 2.18 bits per heavy atom. The number of rotatable bonds is 3. The second kappa shape index (κ2) is 9.35. The van der Waals surface area contributed by atoms with E-state index in [9.17, 15) is 19.5 Å². The molecular weight excluding hydrogens is 552 g/mol. The maximum atomic E-state index is 13.5. The van der Waals surface area contributed by atoms with Crippen LogP contribution in [0.3, 0.4) is 0 Å². The fourth-order valence-corrected chi connectivity index (χ4v) is 13.1. The van der Waals surface area contributed by atoms with Gasteiger partial charge in [0.25, 0.3) is 0 Å².